The number of carbonyl (C=O) groups is 1. The van der Waals surface area contributed by atoms with Crippen LogP contribution in [-0.4, -0.2) is 26.9 Å². The van der Waals surface area contributed by atoms with Crippen LogP contribution >= 0.6 is 0 Å². The largest absolute Gasteiger partial charge is 0.330 e. The molecule has 1 fully saturated rings. The molecule has 0 saturated heterocycles. The summed E-state index contributed by atoms with van der Waals surface area (Å²) in [7, 11) is 4.18. The van der Waals surface area contributed by atoms with Crippen LogP contribution in [0.3, 0.4) is 0 Å². The number of hydrogen-bond donors (Lipinski definition) is 1. The summed E-state index contributed by atoms with van der Waals surface area (Å²) in [5, 5.41) is 0. The molecule has 1 saturated carbocycles. The van der Waals surface area contributed by atoms with E-state index in [0.29, 0.717) is 16.3 Å². The predicted molar refractivity (Wildman–Crippen MR) is 74.0 cm³/mol. The van der Waals surface area contributed by atoms with E-state index in [-0.39, 0.29) is 0 Å². The molecule has 18 heavy (non-hydrogen) atoms. The van der Waals surface area contributed by atoms with Crippen molar-refractivity contribution in [2.24, 2.45) is 11.7 Å². The van der Waals surface area contributed by atoms with Crippen LogP contribution in [0.4, 0.5) is 5.69 Å². The summed E-state index contributed by atoms with van der Waals surface area (Å²) < 4.78 is 0.647. The Kier molecular flexibility index (Phi) is 2.44. The van der Waals surface area contributed by atoms with Crippen molar-refractivity contribution in [1.29, 1.82) is 0 Å². The lowest BCUT2D eigenvalue weighted by Crippen LogP contribution is -2.31. The topological polar surface area (TPSA) is 43.1 Å². The maximum atomic E-state index is 11.2. The fourth-order valence-electron chi connectivity index (χ4n) is 3.02. The van der Waals surface area contributed by atoms with Gasteiger partial charge in [0.15, 0.2) is 6.29 Å². The third kappa shape index (κ3) is 1.62. The van der Waals surface area contributed by atoms with Gasteiger partial charge in [-0.3, -0.25) is 9.28 Å². The molecule has 2 aliphatic rings. The van der Waals surface area contributed by atoms with Crippen LogP contribution in [-0.2, 0) is 4.79 Å². The highest BCUT2D eigenvalue weighted by atomic mass is 16.1. The maximum Gasteiger partial charge on any atom is 0.156 e. The number of quaternary nitrogens is 1. The maximum absolute atomic E-state index is 11.2. The lowest BCUT2D eigenvalue weighted by molar-refractivity contribution is -0.103. The van der Waals surface area contributed by atoms with Gasteiger partial charge in [0, 0.05) is 6.07 Å². The van der Waals surface area contributed by atoms with Crippen molar-refractivity contribution in [1.82, 2.24) is 4.48 Å². The van der Waals surface area contributed by atoms with Crippen molar-refractivity contribution >= 4 is 17.5 Å². The predicted octanol–water partition coefficient (Wildman–Crippen LogP) is 1.87. The van der Waals surface area contributed by atoms with Crippen LogP contribution in [0.2, 0.25) is 0 Å². The number of allylic oxidation sites excluding steroid dienone is 1. The number of benzene rings is 1. The molecular weight excluding hydrogens is 224 g/mol. The van der Waals surface area contributed by atoms with Gasteiger partial charge in [-0.2, -0.15) is 0 Å². The van der Waals surface area contributed by atoms with Crippen LogP contribution in [0, 0.1) is 5.92 Å². The number of rotatable bonds is 3. The van der Waals surface area contributed by atoms with E-state index in [1.165, 1.54) is 17.7 Å². The standard InChI is InChI=1S/C15H19N2O/c1-17(2)8-12(9-18)14-5-10(3-4-15(14)17)13-6-11(13)7-16/h3-5,8-9,11,13H,6-7,16H2,1-2H3/q+1. The van der Waals surface area contributed by atoms with Gasteiger partial charge in [0.1, 0.15) is 11.9 Å². The molecule has 94 valence electrons. The van der Waals surface area contributed by atoms with Gasteiger partial charge in [-0.05, 0) is 36.4 Å². The highest BCUT2D eigenvalue weighted by molar-refractivity contribution is 6.11. The van der Waals surface area contributed by atoms with Gasteiger partial charge in [-0.15, -0.1) is 0 Å². The summed E-state index contributed by atoms with van der Waals surface area (Å²) in [6, 6.07) is 6.53. The van der Waals surface area contributed by atoms with Gasteiger partial charge in [-0.25, -0.2) is 0 Å². The molecule has 1 aromatic carbocycles. The zero-order chi connectivity index (χ0) is 12.9. The number of hydrogen-bond acceptors (Lipinski definition) is 2. The summed E-state index contributed by atoms with van der Waals surface area (Å²) in [4.78, 5) is 11.2. The number of aldehydes is 1. The normalized spacial score (nSPS) is 27.6. The van der Waals surface area contributed by atoms with Gasteiger partial charge in [0.2, 0.25) is 0 Å². The lowest BCUT2D eigenvalue weighted by atomic mass is 10.0. The van der Waals surface area contributed by atoms with Crippen molar-refractivity contribution in [2.75, 3.05) is 20.6 Å². The Morgan fingerprint density at radius 2 is 2.22 bits per heavy atom. The molecule has 3 rings (SSSR count). The number of carbonyl (C=O) groups excluding carboxylic acids is 1. The third-order valence-corrected chi connectivity index (χ3v) is 4.19. The summed E-state index contributed by atoms with van der Waals surface area (Å²) in [6.45, 7) is 0.764. The van der Waals surface area contributed by atoms with Crippen LogP contribution in [0.1, 0.15) is 23.5 Å². The van der Waals surface area contributed by atoms with E-state index in [0.717, 1.165) is 24.0 Å². The first-order chi connectivity index (χ1) is 8.56. The average molecular weight is 243 g/mol. The van der Waals surface area contributed by atoms with Gasteiger partial charge >= 0.3 is 0 Å². The van der Waals surface area contributed by atoms with Gasteiger partial charge in [0.25, 0.3) is 0 Å². The third-order valence-electron chi connectivity index (χ3n) is 4.19. The zero-order valence-corrected chi connectivity index (χ0v) is 10.9. The lowest BCUT2D eigenvalue weighted by Gasteiger charge is -2.21. The van der Waals surface area contributed by atoms with Crippen molar-refractivity contribution in [3.8, 4) is 0 Å². The van der Waals surface area contributed by atoms with Crippen molar-refractivity contribution in [3.05, 3.63) is 35.5 Å². The number of nitrogens with two attached hydrogens (primary N) is 1. The van der Waals surface area contributed by atoms with Crippen molar-refractivity contribution in [2.45, 2.75) is 12.3 Å². The molecular formula is C15H19N2O+. The highest BCUT2D eigenvalue weighted by Crippen LogP contribution is 2.48. The molecule has 2 N–H and O–H groups in total. The minimum atomic E-state index is 0.601. The Bertz CT molecular complexity index is 545. The zero-order valence-electron chi connectivity index (χ0n) is 10.9. The minimum absolute atomic E-state index is 0.601. The molecule has 1 aliphatic carbocycles. The summed E-state index contributed by atoms with van der Waals surface area (Å²) in [5.41, 5.74) is 10.1. The fraction of sp³-hybridized carbons (Fsp3) is 0.400. The second-order valence-electron chi connectivity index (χ2n) is 5.86. The van der Waals surface area contributed by atoms with E-state index in [1.807, 2.05) is 6.20 Å². The first kappa shape index (κ1) is 11.6. The smallest absolute Gasteiger partial charge is 0.156 e. The van der Waals surface area contributed by atoms with E-state index in [2.05, 4.69) is 32.3 Å². The second kappa shape index (κ2) is 3.77. The van der Waals surface area contributed by atoms with Crippen LogP contribution in [0.15, 0.2) is 24.4 Å². The molecule has 0 amide bonds. The number of nitrogens with zero attached hydrogens (tertiary/aromatic N) is 1. The van der Waals surface area contributed by atoms with E-state index < -0.39 is 0 Å². The summed E-state index contributed by atoms with van der Waals surface area (Å²) in [5.74, 6) is 1.24. The molecule has 1 aromatic rings. The van der Waals surface area contributed by atoms with Crippen molar-refractivity contribution < 1.29 is 4.79 Å². The molecule has 3 heteroatoms. The van der Waals surface area contributed by atoms with Crippen LogP contribution in [0.5, 0.6) is 0 Å². The molecule has 0 spiro atoms. The molecule has 0 aromatic heterocycles. The van der Waals surface area contributed by atoms with Crippen LogP contribution in [0.25, 0.3) is 5.57 Å². The monoisotopic (exact) mass is 243 g/mol. The number of fused-ring (bicyclic) bond motifs is 1. The Morgan fingerprint density at radius 1 is 1.44 bits per heavy atom. The first-order valence-electron chi connectivity index (χ1n) is 6.43. The Morgan fingerprint density at radius 3 is 2.83 bits per heavy atom. The van der Waals surface area contributed by atoms with E-state index in [9.17, 15) is 4.79 Å². The molecule has 2 atom stereocenters. The quantitative estimate of drug-likeness (QED) is 0.650. The van der Waals surface area contributed by atoms with Gasteiger partial charge in [-0.1, -0.05) is 6.07 Å². The van der Waals surface area contributed by atoms with E-state index in [4.69, 9.17) is 5.73 Å². The summed E-state index contributed by atoms with van der Waals surface area (Å²) in [6.07, 6.45) is 4.16. The Labute approximate surface area is 107 Å². The molecule has 2 unspecified atom stereocenters. The van der Waals surface area contributed by atoms with Gasteiger partial charge in [0.05, 0.1) is 25.2 Å². The molecule has 3 nitrogen and oxygen atoms in total. The Hall–Kier alpha value is -1.45. The first-order valence-corrected chi connectivity index (χ1v) is 6.43. The second-order valence-corrected chi connectivity index (χ2v) is 5.86. The Balaban J connectivity index is 2.02. The molecule has 0 bridgehead atoms. The highest BCUT2D eigenvalue weighted by Gasteiger charge is 2.39. The van der Waals surface area contributed by atoms with E-state index >= 15 is 0 Å². The minimum Gasteiger partial charge on any atom is -0.330 e. The van der Waals surface area contributed by atoms with Crippen LogP contribution < -0.4 is 10.2 Å². The van der Waals surface area contributed by atoms with Gasteiger partial charge < -0.3 is 5.73 Å². The molecule has 1 heterocycles. The molecule has 0 radical (unpaired) electrons. The fourth-order valence-corrected chi connectivity index (χ4v) is 3.02. The molecule has 1 aliphatic heterocycles. The average Bonchev–Trinajstić information content (AvgIpc) is 3.10. The van der Waals surface area contributed by atoms with E-state index in [1.54, 1.807) is 0 Å². The van der Waals surface area contributed by atoms with Crippen molar-refractivity contribution in [3.63, 3.8) is 0 Å². The summed E-state index contributed by atoms with van der Waals surface area (Å²) >= 11 is 0. The SMILES string of the molecule is C[N+]1(C)C=C(C=O)c2cc(C3CC3CN)ccc21.